The molecule has 0 aliphatic rings. The van der Waals surface area contributed by atoms with E-state index in [1.54, 1.807) is 0 Å². The molecule has 19 heavy (non-hydrogen) atoms. The van der Waals surface area contributed by atoms with Crippen molar-refractivity contribution in [1.82, 2.24) is 5.32 Å². The Morgan fingerprint density at radius 3 is 1.84 bits per heavy atom. The lowest BCUT2D eigenvalue weighted by molar-refractivity contribution is 0.0145. The van der Waals surface area contributed by atoms with E-state index in [0.717, 1.165) is 32.7 Å². The minimum Gasteiger partial charge on any atom is -0.379 e. The molecule has 0 bridgehead atoms. The van der Waals surface area contributed by atoms with E-state index in [-0.39, 0.29) is 0 Å². The Balaban J connectivity index is 2.99. The van der Waals surface area contributed by atoms with Gasteiger partial charge in [-0.25, -0.2) is 0 Å². The smallest absolute Gasteiger partial charge is 0.0701 e. The Morgan fingerprint density at radius 2 is 1.32 bits per heavy atom. The molecule has 0 aromatic rings. The third kappa shape index (κ3) is 17.8. The molecule has 116 valence electrons. The summed E-state index contributed by atoms with van der Waals surface area (Å²) in [5, 5.41) is 3.37. The Labute approximate surface area is 119 Å². The number of unbranched alkanes of at least 4 members (excludes halogenated alkanes) is 1. The summed E-state index contributed by atoms with van der Waals surface area (Å²) in [5.74, 6) is 0. The fourth-order valence-corrected chi connectivity index (χ4v) is 1.40. The zero-order chi connectivity index (χ0) is 14.4. The van der Waals surface area contributed by atoms with Crippen molar-refractivity contribution in [2.45, 2.75) is 40.5 Å². The lowest BCUT2D eigenvalue weighted by Crippen LogP contribution is -2.29. The molecule has 0 heterocycles. The van der Waals surface area contributed by atoms with Gasteiger partial charge in [0, 0.05) is 19.7 Å². The maximum Gasteiger partial charge on any atom is 0.0701 e. The predicted octanol–water partition coefficient (Wildman–Crippen LogP) is 2.47. The maximum absolute atomic E-state index is 5.47. The normalized spacial score (nSPS) is 12.0. The van der Waals surface area contributed by atoms with Gasteiger partial charge in [-0.05, 0) is 11.8 Å². The van der Waals surface area contributed by atoms with Crippen molar-refractivity contribution in [3.8, 4) is 0 Å². The Bertz CT molecular complexity index is 181. The SMILES string of the molecule is CCCCOCCOCCOCCNCC(C)(C)C. The minimum absolute atomic E-state index is 0.334. The van der Waals surface area contributed by atoms with E-state index in [2.05, 4.69) is 33.0 Å². The van der Waals surface area contributed by atoms with Gasteiger partial charge < -0.3 is 19.5 Å². The molecule has 0 saturated carbocycles. The van der Waals surface area contributed by atoms with E-state index >= 15 is 0 Å². The van der Waals surface area contributed by atoms with E-state index < -0.39 is 0 Å². The first kappa shape index (κ1) is 18.8. The van der Waals surface area contributed by atoms with Crippen molar-refractivity contribution >= 4 is 0 Å². The van der Waals surface area contributed by atoms with E-state index in [9.17, 15) is 0 Å². The first-order valence-corrected chi connectivity index (χ1v) is 7.50. The zero-order valence-electron chi connectivity index (χ0n) is 13.3. The fraction of sp³-hybridized carbons (Fsp3) is 1.00. The van der Waals surface area contributed by atoms with Crippen LogP contribution in [0.25, 0.3) is 0 Å². The van der Waals surface area contributed by atoms with Crippen LogP contribution in [0.1, 0.15) is 40.5 Å². The zero-order valence-corrected chi connectivity index (χ0v) is 13.3. The molecule has 4 nitrogen and oxygen atoms in total. The molecule has 0 aliphatic heterocycles. The summed E-state index contributed by atoms with van der Waals surface area (Å²) in [6.07, 6.45) is 2.31. The highest BCUT2D eigenvalue weighted by Crippen LogP contribution is 2.09. The minimum atomic E-state index is 0.334. The molecule has 0 aromatic heterocycles. The first-order valence-electron chi connectivity index (χ1n) is 7.50. The van der Waals surface area contributed by atoms with E-state index in [1.807, 2.05) is 0 Å². The molecule has 0 fully saturated rings. The van der Waals surface area contributed by atoms with E-state index in [4.69, 9.17) is 14.2 Å². The Morgan fingerprint density at radius 1 is 0.789 bits per heavy atom. The highest BCUT2D eigenvalue weighted by Gasteiger charge is 2.07. The molecule has 0 saturated heterocycles. The molecule has 0 spiro atoms. The van der Waals surface area contributed by atoms with Crippen LogP contribution in [-0.2, 0) is 14.2 Å². The summed E-state index contributed by atoms with van der Waals surface area (Å²) >= 11 is 0. The largest absolute Gasteiger partial charge is 0.379 e. The van der Waals surface area contributed by atoms with Gasteiger partial charge >= 0.3 is 0 Å². The standard InChI is InChI=1S/C15H33NO3/c1-5-6-8-17-10-12-19-13-11-18-9-7-16-14-15(2,3)4/h16H,5-14H2,1-4H3. The van der Waals surface area contributed by atoms with Gasteiger partial charge in [0.2, 0.25) is 0 Å². The van der Waals surface area contributed by atoms with Crippen molar-refractivity contribution < 1.29 is 14.2 Å². The highest BCUT2D eigenvalue weighted by molar-refractivity contribution is 4.64. The maximum atomic E-state index is 5.47. The topological polar surface area (TPSA) is 39.7 Å². The molecule has 4 heteroatoms. The van der Waals surface area contributed by atoms with Gasteiger partial charge in [-0.3, -0.25) is 0 Å². The van der Waals surface area contributed by atoms with Crippen LogP contribution in [0.2, 0.25) is 0 Å². The average Bonchev–Trinajstić information content (AvgIpc) is 2.34. The van der Waals surface area contributed by atoms with Crippen molar-refractivity contribution in [2.24, 2.45) is 5.41 Å². The van der Waals surface area contributed by atoms with Crippen molar-refractivity contribution in [2.75, 3.05) is 52.7 Å². The van der Waals surface area contributed by atoms with Gasteiger partial charge in [0.25, 0.3) is 0 Å². The lowest BCUT2D eigenvalue weighted by atomic mass is 9.97. The van der Waals surface area contributed by atoms with Gasteiger partial charge in [0.15, 0.2) is 0 Å². The summed E-state index contributed by atoms with van der Waals surface area (Å²) < 4.78 is 16.3. The second kappa shape index (κ2) is 12.9. The second-order valence-electron chi connectivity index (χ2n) is 5.93. The van der Waals surface area contributed by atoms with Crippen LogP contribution >= 0.6 is 0 Å². The number of hydrogen-bond donors (Lipinski definition) is 1. The third-order valence-electron chi connectivity index (χ3n) is 2.46. The van der Waals surface area contributed by atoms with Crippen LogP contribution in [0.3, 0.4) is 0 Å². The number of hydrogen-bond acceptors (Lipinski definition) is 4. The van der Waals surface area contributed by atoms with Crippen LogP contribution in [0, 0.1) is 5.41 Å². The molecular weight excluding hydrogens is 242 g/mol. The van der Waals surface area contributed by atoms with Crippen LogP contribution in [0.4, 0.5) is 0 Å². The van der Waals surface area contributed by atoms with Gasteiger partial charge in [-0.1, -0.05) is 34.1 Å². The summed E-state index contributed by atoms with van der Waals surface area (Å²) in [4.78, 5) is 0. The Kier molecular flexibility index (Phi) is 12.7. The summed E-state index contributed by atoms with van der Waals surface area (Å²) in [5.41, 5.74) is 0.334. The van der Waals surface area contributed by atoms with Crippen LogP contribution in [-0.4, -0.2) is 52.7 Å². The molecule has 0 amide bonds. The molecule has 0 aromatic carbocycles. The van der Waals surface area contributed by atoms with Crippen LogP contribution in [0.5, 0.6) is 0 Å². The molecule has 0 rings (SSSR count). The fourth-order valence-electron chi connectivity index (χ4n) is 1.40. The molecule has 1 N–H and O–H groups in total. The van der Waals surface area contributed by atoms with Crippen molar-refractivity contribution in [3.05, 3.63) is 0 Å². The monoisotopic (exact) mass is 275 g/mol. The summed E-state index contributed by atoms with van der Waals surface area (Å²) in [7, 11) is 0. The van der Waals surface area contributed by atoms with Crippen molar-refractivity contribution in [3.63, 3.8) is 0 Å². The molecule has 0 unspecified atom stereocenters. The summed E-state index contributed by atoms with van der Waals surface area (Å²) in [6.45, 7) is 15.0. The molecule has 0 aliphatic carbocycles. The van der Waals surface area contributed by atoms with E-state index in [1.165, 1.54) is 6.42 Å². The molecular formula is C15H33NO3. The Hall–Kier alpha value is -0.160. The predicted molar refractivity (Wildman–Crippen MR) is 79.7 cm³/mol. The van der Waals surface area contributed by atoms with Gasteiger partial charge in [0.1, 0.15) is 0 Å². The average molecular weight is 275 g/mol. The van der Waals surface area contributed by atoms with E-state index in [0.29, 0.717) is 31.8 Å². The second-order valence-corrected chi connectivity index (χ2v) is 5.93. The number of nitrogens with one attached hydrogen (secondary N) is 1. The summed E-state index contributed by atoms with van der Waals surface area (Å²) in [6, 6.07) is 0. The quantitative estimate of drug-likeness (QED) is 0.524. The van der Waals surface area contributed by atoms with Crippen molar-refractivity contribution in [1.29, 1.82) is 0 Å². The number of ether oxygens (including phenoxy) is 3. The van der Waals surface area contributed by atoms with Gasteiger partial charge in [0.05, 0.1) is 33.0 Å². The highest BCUT2D eigenvalue weighted by atomic mass is 16.5. The van der Waals surface area contributed by atoms with Gasteiger partial charge in [-0.15, -0.1) is 0 Å². The first-order chi connectivity index (χ1) is 9.06. The molecule has 0 atom stereocenters. The van der Waals surface area contributed by atoms with Crippen LogP contribution in [0.15, 0.2) is 0 Å². The van der Waals surface area contributed by atoms with Crippen LogP contribution < -0.4 is 5.32 Å². The molecule has 0 radical (unpaired) electrons. The third-order valence-corrected chi connectivity index (χ3v) is 2.46. The lowest BCUT2D eigenvalue weighted by Gasteiger charge is -2.18. The number of rotatable bonds is 13. The van der Waals surface area contributed by atoms with Gasteiger partial charge in [-0.2, -0.15) is 0 Å².